The SMILES string of the molecule is O=[N+]([O-])c1cc(Cl)c(Cl)cc1NCCc1ccccc1F. The minimum atomic E-state index is -0.548. The lowest BCUT2D eigenvalue weighted by Gasteiger charge is -2.09. The molecule has 0 saturated carbocycles. The fraction of sp³-hybridized carbons (Fsp3) is 0.143. The highest BCUT2D eigenvalue weighted by atomic mass is 35.5. The summed E-state index contributed by atoms with van der Waals surface area (Å²) in [5.41, 5.74) is 0.622. The van der Waals surface area contributed by atoms with Crippen molar-refractivity contribution < 1.29 is 9.31 Å². The maximum Gasteiger partial charge on any atom is 0.293 e. The van der Waals surface area contributed by atoms with Gasteiger partial charge < -0.3 is 5.32 Å². The van der Waals surface area contributed by atoms with Crippen LogP contribution in [-0.4, -0.2) is 11.5 Å². The van der Waals surface area contributed by atoms with E-state index in [9.17, 15) is 14.5 Å². The normalized spacial score (nSPS) is 10.4. The van der Waals surface area contributed by atoms with Gasteiger partial charge in [-0.1, -0.05) is 41.4 Å². The number of nitro groups is 1. The summed E-state index contributed by atoms with van der Waals surface area (Å²) in [7, 11) is 0. The number of anilines is 1. The molecular weight excluding hydrogens is 318 g/mol. The van der Waals surface area contributed by atoms with Gasteiger partial charge in [-0.3, -0.25) is 10.1 Å². The Balaban J connectivity index is 2.11. The largest absolute Gasteiger partial charge is 0.379 e. The Morgan fingerprint density at radius 3 is 2.52 bits per heavy atom. The highest BCUT2D eigenvalue weighted by molar-refractivity contribution is 6.42. The van der Waals surface area contributed by atoms with Crippen molar-refractivity contribution in [1.82, 2.24) is 0 Å². The van der Waals surface area contributed by atoms with E-state index in [0.29, 0.717) is 18.5 Å². The zero-order valence-electron chi connectivity index (χ0n) is 10.8. The van der Waals surface area contributed by atoms with Gasteiger partial charge in [0.25, 0.3) is 5.69 Å². The molecule has 1 N–H and O–H groups in total. The van der Waals surface area contributed by atoms with Crippen LogP contribution in [-0.2, 0) is 6.42 Å². The Hall–Kier alpha value is -1.85. The summed E-state index contributed by atoms with van der Waals surface area (Å²) in [6, 6.07) is 8.96. The zero-order valence-corrected chi connectivity index (χ0v) is 12.3. The summed E-state index contributed by atoms with van der Waals surface area (Å²) < 4.78 is 13.5. The molecule has 0 aromatic heterocycles. The standard InChI is InChI=1S/C14H11Cl2FN2O2/c15-10-7-13(14(19(20)21)8-11(10)16)18-6-5-9-3-1-2-4-12(9)17/h1-4,7-8,18H,5-6H2. The number of halogens is 3. The van der Waals surface area contributed by atoms with E-state index in [1.165, 1.54) is 18.2 Å². The predicted octanol–water partition coefficient (Wildman–Crippen LogP) is 4.70. The smallest absolute Gasteiger partial charge is 0.293 e. The van der Waals surface area contributed by atoms with E-state index in [2.05, 4.69) is 5.32 Å². The van der Waals surface area contributed by atoms with E-state index in [0.717, 1.165) is 0 Å². The average Bonchev–Trinajstić information content (AvgIpc) is 2.44. The molecule has 4 nitrogen and oxygen atoms in total. The van der Waals surface area contributed by atoms with Gasteiger partial charge in [-0.05, 0) is 24.1 Å². The Morgan fingerprint density at radius 1 is 1.19 bits per heavy atom. The molecule has 7 heteroatoms. The van der Waals surface area contributed by atoms with Crippen LogP contribution in [0.15, 0.2) is 36.4 Å². The van der Waals surface area contributed by atoms with Crippen LogP contribution in [0.25, 0.3) is 0 Å². The van der Waals surface area contributed by atoms with Crippen molar-refractivity contribution in [3.05, 3.63) is 67.9 Å². The maximum atomic E-state index is 13.5. The summed E-state index contributed by atoms with van der Waals surface area (Å²) in [4.78, 5) is 10.4. The van der Waals surface area contributed by atoms with Gasteiger partial charge in [-0.2, -0.15) is 0 Å². The van der Waals surface area contributed by atoms with E-state index < -0.39 is 4.92 Å². The second-order valence-corrected chi connectivity index (χ2v) is 5.12. The van der Waals surface area contributed by atoms with Crippen LogP contribution in [0.3, 0.4) is 0 Å². The number of nitrogens with zero attached hydrogens (tertiary/aromatic N) is 1. The van der Waals surface area contributed by atoms with Crippen LogP contribution >= 0.6 is 23.2 Å². The molecule has 2 aromatic carbocycles. The molecule has 0 atom stereocenters. The number of nitrogens with one attached hydrogen (secondary N) is 1. The first-order valence-corrected chi connectivity index (χ1v) is 6.85. The van der Waals surface area contributed by atoms with Gasteiger partial charge in [0.15, 0.2) is 0 Å². The molecule has 0 amide bonds. The molecule has 0 aliphatic heterocycles. The van der Waals surface area contributed by atoms with Crippen LogP contribution in [0.1, 0.15) is 5.56 Å². The molecule has 0 spiro atoms. The molecule has 2 aromatic rings. The fourth-order valence-electron chi connectivity index (χ4n) is 1.86. The lowest BCUT2D eigenvalue weighted by Crippen LogP contribution is -2.08. The number of hydrogen-bond donors (Lipinski definition) is 1. The second kappa shape index (κ2) is 6.74. The van der Waals surface area contributed by atoms with E-state index in [1.807, 2.05) is 0 Å². The fourth-order valence-corrected chi connectivity index (χ4v) is 2.18. The van der Waals surface area contributed by atoms with E-state index in [4.69, 9.17) is 23.2 Å². The lowest BCUT2D eigenvalue weighted by atomic mass is 10.1. The molecule has 0 heterocycles. The number of benzene rings is 2. The third-order valence-electron chi connectivity index (χ3n) is 2.90. The zero-order chi connectivity index (χ0) is 15.4. The molecule has 0 fully saturated rings. The minimum absolute atomic E-state index is 0.114. The molecule has 21 heavy (non-hydrogen) atoms. The van der Waals surface area contributed by atoms with Gasteiger partial charge in [0.05, 0.1) is 15.0 Å². The van der Waals surface area contributed by atoms with Crippen molar-refractivity contribution in [1.29, 1.82) is 0 Å². The summed E-state index contributed by atoms with van der Waals surface area (Å²) >= 11 is 11.6. The highest BCUT2D eigenvalue weighted by Gasteiger charge is 2.16. The summed E-state index contributed by atoms with van der Waals surface area (Å²) in [5, 5.41) is 14.2. The van der Waals surface area contributed by atoms with Crippen LogP contribution in [0.2, 0.25) is 10.0 Å². The first kappa shape index (κ1) is 15.5. The van der Waals surface area contributed by atoms with Gasteiger partial charge in [0, 0.05) is 12.6 Å². The lowest BCUT2D eigenvalue weighted by molar-refractivity contribution is -0.383. The molecule has 0 unspecified atom stereocenters. The highest BCUT2D eigenvalue weighted by Crippen LogP contribution is 2.33. The molecule has 110 valence electrons. The third kappa shape index (κ3) is 3.83. The summed E-state index contributed by atoms with van der Waals surface area (Å²) in [6.07, 6.45) is 0.393. The molecule has 2 rings (SSSR count). The van der Waals surface area contributed by atoms with E-state index in [1.54, 1.807) is 18.2 Å². The first-order valence-electron chi connectivity index (χ1n) is 6.09. The average molecular weight is 329 g/mol. The second-order valence-electron chi connectivity index (χ2n) is 4.31. The van der Waals surface area contributed by atoms with Gasteiger partial charge in [0.2, 0.25) is 0 Å². The van der Waals surface area contributed by atoms with Crippen molar-refractivity contribution in [2.75, 3.05) is 11.9 Å². The molecule has 0 saturated heterocycles. The molecule has 0 aliphatic rings. The van der Waals surface area contributed by atoms with Crippen molar-refractivity contribution >= 4 is 34.6 Å². The van der Waals surface area contributed by atoms with Gasteiger partial charge in [0.1, 0.15) is 11.5 Å². The van der Waals surface area contributed by atoms with Crippen molar-refractivity contribution in [2.24, 2.45) is 0 Å². The topological polar surface area (TPSA) is 55.2 Å². The Morgan fingerprint density at radius 2 is 1.86 bits per heavy atom. The van der Waals surface area contributed by atoms with Crippen LogP contribution in [0.5, 0.6) is 0 Å². The number of hydrogen-bond acceptors (Lipinski definition) is 3. The number of nitro benzene ring substituents is 1. The van der Waals surface area contributed by atoms with Gasteiger partial charge in [-0.15, -0.1) is 0 Å². The van der Waals surface area contributed by atoms with Crippen LogP contribution in [0.4, 0.5) is 15.8 Å². The van der Waals surface area contributed by atoms with Crippen LogP contribution in [0, 0.1) is 15.9 Å². The molecule has 0 bridgehead atoms. The predicted molar refractivity (Wildman–Crippen MR) is 81.7 cm³/mol. The van der Waals surface area contributed by atoms with Gasteiger partial charge >= 0.3 is 0 Å². The molecule has 0 radical (unpaired) electrons. The maximum absolute atomic E-state index is 13.5. The first-order chi connectivity index (χ1) is 9.99. The Labute approximate surface area is 130 Å². The van der Waals surface area contributed by atoms with Crippen molar-refractivity contribution in [2.45, 2.75) is 6.42 Å². The third-order valence-corrected chi connectivity index (χ3v) is 3.63. The van der Waals surface area contributed by atoms with Crippen LogP contribution < -0.4 is 5.32 Å². The monoisotopic (exact) mass is 328 g/mol. The van der Waals surface area contributed by atoms with Crippen molar-refractivity contribution in [3.8, 4) is 0 Å². The Bertz CT molecular complexity index is 680. The Kier molecular flexibility index (Phi) is 4.98. The minimum Gasteiger partial charge on any atom is -0.379 e. The number of rotatable bonds is 5. The van der Waals surface area contributed by atoms with E-state index >= 15 is 0 Å². The molecule has 0 aliphatic carbocycles. The summed E-state index contributed by atoms with van der Waals surface area (Å²) in [6.45, 7) is 0.333. The van der Waals surface area contributed by atoms with E-state index in [-0.39, 0.29) is 27.2 Å². The molecular formula is C14H11Cl2FN2O2. The quantitative estimate of drug-likeness (QED) is 0.639. The van der Waals surface area contributed by atoms with Gasteiger partial charge in [-0.25, -0.2) is 4.39 Å². The van der Waals surface area contributed by atoms with Crippen molar-refractivity contribution in [3.63, 3.8) is 0 Å². The summed E-state index contributed by atoms with van der Waals surface area (Å²) in [5.74, 6) is -0.303.